The van der Waals surface area contributed by atoms with Gasteiger partial charge in [-0.15, -0.1) is 24.7 Å². The molecule has 0 spiro atoms. The second kappa shape index (κ2) is 14.9. The first-order chi connectivity index (χ1) is 13.6. The van der Waals surface area contributed by atoms with Gasteiger partial charge in [0.1, 0.15) is 0 Å². The number of benzene rings is 2. The van der Waals surface area contributed by atoms with Gasteiger partial charge < -0.3 is 10.2 Å². The minimum atomic E-state index is -0.0469. The van der Waals surface area contributed by atoms with Gasteiger partial charge in [0.05, 0.1) is 0 Å². The van der Waals surface area contributed by atoms with Gasteiger partial charge in [-0.3, -0.25) is 0 Å². The van der Waals surface area contributed by atoms with Crippen molar-refractivity contribution >= 4 is 0 Å². The van der Waals surface area contributed by atoms with Crippen LogP contribution in [0.25, 0.3) is 0 Å². The Labute approximate surface area is 181 Å². The third-order valence-electron chi connectivity index (χ3n) is 3.85. The van der Waals surface area contributed by atoms with Crippen LogP contribution in [0.1, 0.15) is 24.5 Å². The Morgan fingerprint density at radius 3 is 1.75 bits per heavy atom. The molecule has 1 aliphatic rings. The molecule has 0 N–H and O–H groups in total. The maximum atomic E-state index is 11.0. The van der Waals surface area contributed by atoms with E-state index >= 15 is 0 Å². The van der Waals surface area contributed by atoms with Crippen LogP contribution in [-0.2, 0) is 36.1 Å². The molecule has 144 valence electrons. The number of allylic oxidation sites excluding steroid dienone is 6. The van der Waals surface area contributed by atoms with Gasteiger partial charge in [-0.05, 0) is 12.8 Å². The molecule has 0 fully saturated rings. The third kappa shape index (κ3) is 9.71. The second-order valence-electron chi connectivity index (χ2n) is 6.06. The van der Waals surface area contributed by atoms with E-state index in [1.165, 1.54) is 10.5 Å². The van der Waals surface area contributed by atoms with Crippen molar-refractivity contribution in [2.75, 3.05) is 0 Å². The first kappa shape index (κ1) is 23.9. The summed E-state index contributed by atoms with van der Waals surface area (Å²) in [5, 5.41) is 21.9. The van der Waals surface area contributed by atoms with Crippen molar-refractivity contribution in [3.63, 3.8) is 0 Å². The van der Waals surface area contributed by atoms with Crippen LogP contribution < -0.4 is 10.2 Å². The quantitative estimate of drug-likeness (QED) is 0.557. The van der Waals surface area contributed by atoms with E-state index in [0.29, 0.717) is 12.8 Å². The summed E-state index contributed by atoms with van der Waals surface area (Å²) in [7, 11) is 0. The van der Waals surface area contributed by atoms with Crippen LogP contribution in [-0.4, -0.2) is 0 Å². The predicted octanol–water partition coefficient (Wildman–Crippen LogP) is 5.33. The molecule has 0 unspecified atom stereocenters. The average molecular weight is 452 g/mol. The number of rotatable bonds is 6. The fourth-order valence-corrected chi connectivity index (χ4v) is 4.75. The average Bonchev–Trinajstić information content (AvgIpc) is 3.21. The fourth-order valence-electron chi connectivity index (χ4n) is 2.46. The molecule has 2 nitrogen and oxygen atoms in total. The molecule has 2 aromatic rings. The van der Waals surface area contributed by atoms with Crippen LogP contribution in [0.2, 0.25) is 4.13 Å². The van der Waals surface area contributed by atoms with E-state index in [9.17, 15) is 10.2 Å². The summed E-state index contributed by atoms with van der Waals surface area (Å²) < 4.78 is 3.22. The molecule has 0 radical (unpaired) electrons. The summed E-state index contributed by atoms with van der Waals surface area (Å²) in [6.45, 7) is 9.41. The van der Waals surface area contributed by atoms with Crippen molar-refractivity contribution < 1.29 is 33.4 Å². The molecule has 0 saturated carbocycles. The van der Waals surface area contributed by atoms with Crippen molar-refractivity contribution in [1.29, 1.82) is 0 Å². The Balaban J connectivity index is 0.000000212. The number of para-hydroxylation sites is 2. The zero-order valence-corrected chi connectivity index (χ0v) is 19.0. The van der Waals surface area contributed by atoms with Crippen LogP contribution in [0.3, 0.4) is 0 Å². The summed E-state index contributed by atoms with van der Waals surface area (Å²) in [5.41, 5.74) is 1.63. The van der Waals surface area contributed by atoms with Crippen LogP contribution in [0, 0.1) is 0 Å². The van der Waals surface area contributed by atoms with Gasteiger partial charge in [0, 0.05) is 0 Å². The van der Waals surface area contributed by atoms with Crippen molar-refractivity contribution in [3.8, 4) is 11.5 Å². The molecule has 0 heterocycles. The van der Waals surface area contributed by atoms with Gasteiger partial charge in [0.25, 0.3) is 0 Å². The van der Waals surface area contributed by atoms with Crippen LogP contribution in [0.15, 0.2) is 95.3 Å². The van der Waals surface area contributed by atoms with Crippen molar-refractivity contribution in [1.82, 2.24) is 0 Å². The molecule has 2 aromatic carbocycles. The Morgan fingerprint density at radius 1 is 0.893 bits per heavy atom. The molecule has 3 rings (SSSR count). The molecule has 0 aromatic heterocycles. The Bertz CT molecular complexity index is 739. The van der Waals surface area contributed by atoms with Crippen LogP contribution in [0.4, 0.5) is 0 Å². The van der Waals surface area contributed by atoms with Gasteiger partial charge in [0.2, 0.25) is 0 Å². The van der Waals surface area contributed by atoms with Crippen molar-refractivity contribution in [2.24, 2.45) is 0 Å². The zero-order chi connectivity index (χ0) is 20.6. The summed E-state index contributed by atoms with van der Waals surface area (Å²) in [4.78, 5) is 0. The molecule has 28 heavy (non-hydrogen) atoms. The summed E-state index contributed by atoms with van der Waals surface area (Å²) in [6.07, 6.45) is 12.8. The summed E-state index contributed by atoms with van der Waals surface area (Å²) in [5.74, 6) is 0.199. The van der Waals surface area contributed by atoms with Gasteiger partial charge in [0.15, 0.2) is 0 Å². The van der Waals surface area contributed by atoms with Gasteiger partial charge in [-0.2, -0.15) is 0 Å². The van der Waals surface area contributed by atoms with E-state index in [1.54, 1.807) is 39.7 Å². The summed E-state index contributed by atoms with van der Waals surface area (Å²) in [6, 6.07) is 14.0. The molecule has 0 aliphatic heterocycles. The fraction of sp³-hybridized carbons (Fsp3) is 0.200. The molecular formula is C25H28O2Zr. The van der Waals surface area contributed by atoms with Gasteiger partial charge in [-0.1, -0.05) is 71.8 Å². The van der Waals surface area contributed by atoms with Gasteiger partial charge in [-0.25, -0.2) is 0 Å². The Hall–Kier alpha value is -2.12. The van der Waals surface area contributed by atoms with E-state index < -0.39 is 0 Å². The van der Waals surface area contributed by atoms with E-state index in [2.05, 4.69) is 38.3 Å². The summed E-state index contributed by atoms with van der Waals surface area (Å²) >= 11 is -0.0469. The number of hydrogen-bond donors (Lipinski definition) is 0. The second-order valence-corrected chi connectivity index (χ2v) is 10.2. The van der Waals surface area contributed by atoms with Crippen LogP contribution >= 0.6 is 0 Å². The minimum absolute atomic E-state index is 0.0469. The Kier molecular flexibility index (Phi) is 12.7. The van der Waals surface area contributed by atoms with Crippen molar-refractivity contribution in [3.05, 3.63) is 106 Å². The molecule has 3 heteroatoms. The Morgan fingerprint density at radius 2 is 1.39 bits per heavy atom. The molecule has 0 saturated heterocycles. The van der Waals surface area contributed by atoms with E-state index in [4.69, 9.17) is 0 Å². The van der Waals surface area contributed by atoms with E-state index in [1.807, 2.05) is 24.3 Å². The molecule has 0 atom stereocenters. The molecule has 0 amide bonds. The maximum absolute atomic E-state index is 11.0. The SMILES string of the molecule is C=CCc1ccccc1[O-].C=CCc1ccccc1[O-].C[CH2][Zr+2][C]1=CC=CC1. The van der Waals surface area contributed by atoms with E-state index in [0.717, 1.165) is 11.1 Å². The van der Waals surface area contributed by atoms with Crippen LogP contribution in [0.5, 0.6) is 11.5 Å². The monoisotopic (exact) mass is 450 g/mol. The van der Waals surface area contributed by atoms with E-state index in [-0.39, 0.29) is 34.7 Å². The topological polar surface area (TPSA) is 46.1 Å². The molecule has 1 aliphatic carbocycles. The zero-order valence-electron chi connectivity index (χ0n) is 16.6. The third-order valence-corrected chi connectivity index (χ3v) is 6.75. The standard InChI is InChI=1S/2C9H10O.C5H5.C2H5.Zr/c2*1-2-5-8-6-3-4-7-9(8)10;1-2-4-5-3-1;1-2;/h2*2-4,6-7,10H,1,5H2;1-3H,4H2;1H2,2H3;/q;;;;+2/p-2. The normalized spacial score (nSPS) is 11.1. The molecular weight excluding hydrogens is 423 g/mol. The van der Waals surface area contributed by atoms with Crippen molar-refractivity contribution in [2.45, 2.75) is 30.3 Å². The molecule has 0 bridgehead atoms. The first-order valence-electron chi connectivity index (χ1n) is 9.43. The predicted molar refractivity (Wildman–Crippen MR) is 112 cm³/mol. The first-order valence-corrected chi connectivity index (χ1v) is 12.4. The number of hydrogen-bond acceptors (Lipinski definition) is 2. The van der Waals surface area contributed by atoms with Gasteiger partial charge >= 0.3 is 62.2 Å².